The highest BCUT2D eigenvalue weighted by atomic mass is 16.5. The van der Waals surface area contributed by atoms with Crippen molar-refractivity contribution in [2.45, 2.75) is 13.7 Å². The van der Waals surface area contributed by atoms with Crippen LogP contribution in [0.15, 0.2) is 42.5 Å². The van der Waals surface area contributed by atoms with E-state index in [-0.39, 0.29) is 0 Å². The van der Waals surface area contributed by atoms with Gasteiger partial charge in [-0.15, -0.1) is 0 Å². The molecule has 3 aromatic rings. The molecule has 2 aromatic carbocycles. The highest BCUT2D eigenvalue weighted by molar-refractivity contribution is 5.90. The number of aryl methyl sites for hydroxylation is 1. The molecule has 0 spiro atoms. The van der Waals surface area contributed by atoms with E-state index in [1.54, 1.807) is 7.11 Å². The van der Waals surface area contributed by atoms with Gasteiger partial charge in [-0.1, -0.05) is 29.8 Å². The summed E-state index contributed by atoms with van der Waals surface area (Å²) in [6.45, 7) is 2.52. The zero-order valence-electron chi connectivity index (χ0n) is 11.6. The first kappa shape index (κ1) is 12.7. The van der Waals surface area contributed by atoms with Gasteiger partial charge in [-0.25, -0.2) is 4.98 Å². The third kappa shape index (κ3) is 2.04. The van der Waals surface area contributed by atoms with Crippen LogP contribution in [0.2, 0.25) is 0 Å². The van der Waals surface area contributed by atoms with Crippen LogP contribution in [-0.4, -0.2) is 16.7 Å². The molecule has 1 aromatic heterocycles. The van der Waals surface area contributed by atoms with Crippen LogP contribution >= 0.6 is 0 Å². The van der Waals surface area contributed by atoms with Gasteiger partial charge in [0.1, 0.15) is 18.1 Å². The number of para-hydroxylation sites is 1. The van der Waals surface area contributed by atoms with Crippen molar-refractivity contribution in [2.75, 3.05) is 12.8 Å². The molecule has 0 radical (unpaired) electrons. The SMILES string of the molecule is COCn1c(-c2cccc(C)c2)nc2c(N)cccc21. The van der Waals surface area contributed by atoms with E-state index in [9.17, 15) is 0 Å². The summed E-state index contributed by atoms with van der Waals surface area (Å²) in [5, 5.41) is 0. The molecule has 0 unspecified atom stereocenters. The van der Waals surface area contributed by atoms with E-state index in [0.717, 1.165) is 22.4 Å². The predicted octanol–water partition coefficient (Wildman–Crippen LogP) is 3.20. The molecule has 4 nitrogen and oxygen atoms in total. The van der Waals surface area contributed by atoms with Crippen LogP contribution in [-0.2, 0) is 11.5 Å². The maximum Gasteiger partial charge on any atom is 0.143 e. The molecule has 4 heteroatoms. The number of nitrogens with zero attached hydrogens (tertiary/aromatic N) is 2. The van der Waals surface area contributed by atoms with Crippen LogP contribution in [0.4, 0.5) is 5.69 Å². The van der Waals surface area contributed by atoms with Crippen molar-refractivity contribution >= 4 is 16.7 Å². The fourth-order valence-corrected chi connectivity index (χ4v) is 2.43. The van der Waals surface area contributed by atoms with Crippen LogP contribution in [0, 0.1) is 6.92 Å². The molecular formula is C16H17N3O. The Balaban J connectivity index is 2.29. The second-order valence-electron chi connectivity index (χ2n) is 4.87. The van der Waals surface area contributed by atoms with Gasteiger partial charge < -0.3 is 10.5 Å². The van der Waals surface area contributed by atoms with Crippen molar-refractivity contribution in [3.05, 3.63) is 48.0 Å². The number of hydrogen-bond acceptors (Lipinski definition) is 3. The fourth-order valence-electron chi connectivity index (χ4n) is 2.43. The Morgan fingerprint density at radius 2 is 2.00 bits per heavy atom. The van der Waals surface area contributed by atoms with Crippen LogP contribution in [0.5, 0.6) is 0 Å². The van der Waals surface area contributed by atoms with Gasteiger partial charge in [-0.05, 0) is 25.1 Å². The molecule has 0 aliphatic rings. The molecule has 102 valence electrons. The summed E-state index contributed by atoms with van der Waals surface area (Å²) < 4.78 is 7.35. The number of methoxy groups -OCH3 is 1. The van der Waals surface area contributed by atoms with E-state index in [1.165, 1.54) is 5.56 Å². The first-order chi connectivity index (χ1) is 9.70. The van der Waals surface area contributed by atoms with Crippen molar-refractivity contribution in [3.8, 4) is 11.4 Å². The molecule has 20 heavy (non-hydrogen) atoms. The van der Waals surface area contributed by atoms with Gasteiger partial charge in [0.2, 0.25) is 0 Å². The fraction of sp³-hybridized carbons (Fsp3) is 0.188. The average molecular weight is 267 g/mol. The lowest BCUT2D eigenvalue weighted by molar-refractivity contribution is 0.135. The van der Waals surface area contributed by atoms with E-state index < -0.39 is 0 Å². The predicted molar refractivity (Wildman–Crippen MR) is 81.3 cm³/mol. The number of rotatable bonds is 3. The maximum atomic E-state index is 6.03. The third-order valence-corrected chi connectivity index (χ3v) is 3.34. The molecule has 0 aliphatic carbocycles. The van der Waals surface area contributed by atoms with Gasteiger partial charge in [-0.2, -0.15) is 0 Å². The normalized spacial score (nSPS) is 11.1. The summed E-state index contributed by atoms with van der Waals surface area (Å²) in [6.07, 6.45) is 0. The summed E-state index contributed by atoms with van der Waals surface area (Å²) in [5.74, 6) is 0.878. The first-order valence-electron chi connectivity index (χ1n) is 6.51. The number of nitrogen functional groups attached to an aromatic ring is 1. The molecule has 0 aliphatic heterocycles. The van der Waals surface area contributed by atoms with Gasteiger partial charge in [0, 0.05) is 12.7 Å². The monoisotopic (exact) mass is 267 g/mol. The largest absolute Gasteiger partial charge is 0.397 e. The highest BCUT2D eigenvalue weighted by Crippen LogP contribution is 2.28. The molecule has 0 fully saturated rings. The smallest absolute Gasteiger partial charge is 0.143 e. The van der Waals surface area contributed by atoms with Crippen molar-refractivity contribution in [3.63, 3.8) is 0 Å². The average Bonchev–Trinajstić information content (AvgIpc) is 2.80. The van der Waals surface area contributed by atoms with Crippen LogP contribution in [0.3, 0.4) is 0 Å². The second kappa shape index (κ2) is 4.98. The highest BCUT2D eigenvalue weighted by Gasteiger charge is 2.13. The van der Waals surface area contributed by atoms with Crippen molar-refractivity contribution in [2.24, 2.45) is 0 Å². The quantitative estimate of drug-likeness (QED) is 0.741. The van der Waals surface area contributed by atoms with E-state index in [0.29, 0.717) is 12.4 Å². The van der Waals surface area contributed by atoms with Gasteiger partial charge in [0.25, 0.3) is 0 Å². The molecule has 0 amide bonds. The maximum absolute atomic E-state index is 6.03. The molecule has 0 atom stereocenters. The number of benzene rings is 2. The lowest BCUT2D eigenvalue weighted by atomic mass is 10.1. The molecule has 1 heterocycles. The number of anilines is 1. The van der Waals surface area contributed by atoms with E-state index in [1.807, 2.05) is 28.8 Å². The van der Waals surface area contributed by atoms with Crippen molar-refractivity contribution in [1.82, 2.24) is 9.55 Å². The lowest BCUT2D eigenvalue weighted by Gasteiger charge is -2.08. The Morgan fingerprint density at radius 3 is 2.75 bits per heavy atom. The van der Waals surface area contributed by atoms with E-state index >= 15 is 0 Å². The number of hydrogen-bond donors (Lipinski definition) is 1. The van der Waals surface area contributed by atoms with E-state index in [2.05, 4.69) is 25.1 Å². The van der Waals surface area contributed by atoms with Crippen LogP contribution in [0.25, 0.3) is 22.4 Å². The summed E-state index contributed by atoms with van der Waals surface area (Å²) in [6, 6.07) is 14.1. The van der Waals surface area contributed by atoms with Gasteiger partial charge in [0.05, 0.1) is 11.2 Å². The lowest BCUT2D eigenvalue weighted by Crippen LogP contribution is -2.02. The zero-order chi connectivity index (χ0) is 14.1. The topological polar surface area (TPSA) is 53.1 Å². The second-order valence-corrected chi connectivity index (χ2v) is 4.87. The standard InChI is InChI=1S/C16H17N3O/c1-11-5-3-6-12(9-11)16-18-15-13(17)7-4-8-14(15)19(16)10-20-2/h3-9H,10,17H2,1-2H3. The molecule has 0 saturated carbocycles. The first-order valence-corrected chi connectivity index (χ1v) is 6.51. The summed E-state index contributed by atoms with van der Waals surface area (Å²) in [5.41, 5.74) is 10.8. The zero-order valence-corrected chi connectivity index (χ0v) is 11.6. The number of aromatic nitrogens is 2. The summed E-state index contributed by atoms with van der Waals surface area (Å²) in [7, 11) is 1.68. The molecule has 0 bridgehead atoms. The Labute approximate surface area is 117 Å². The Kier molecular flexibility index (Phi) is 3.16. The number of imidazole rings is 1. The van der Waals surface area contributed by atoms with Gasteiger partial charge in [0.15, 0.2) is 0 Å². The Hall–Kier alpha value is -2.33. The molecule has 2 N–H and O–H groups in total. The minimum Gasteiger partial charge on any atom is -0.397 e. The number of ether oxygens (including phenoxy) is 1. The van der Waals surface area contributed by atoms with Crippen LogP contribution in [0.1, 0.15) is 5.56 Å². The number of fused-ring (bicyclic) bond motifs is 1. The summed E-state index contributed by atoms with van der Waals surface area (Å²) in [4.78, 5) is 4.70. The molecule has 0 saturated heterocycles. The Morgan fingerprint density at radius 1 is 1.20 bits per heavy atom. The molecule has 3 rings (SSSR count). The van der Waals surface area contributed by atoms with Crippen molar-refractivity contribution in [1.29, 1.82) is 0 Å². The van der Waals surface area contributed by atoms with Crippen LogP contribution < -0.4 is 5.73 Å². The number of nitrogens with two attached hydrogens (primary N) is 1. The van der Waals surface area contributed by atoms with E-state index in [4.69, 9.17) is 15.5 Å². The van der Waals surface area contributed by atoms with Gasteiger partial charge >= 0.3 is 0 Å². The Bertz CT molecular complexity index is 762. The minimum absolute atomic E-state index is 0.448. The molecular weight excluding hydrogens is 250 g/mol. The third-order valence-electron chi connectivity index (χ3n) is 3.34. The summed E-state index contributed by atoms with van der Waals surface area (Å²) >= 11 is 0. The van der Waals surface area contributed by atoms with Crippen molar-refractivity contribution < 1.29 is 4.74 Å². The van der Waals surface area contributed by atoms with Gasteiger partial charge in [-0.3, -0.25) is 4.57 Å². The minimum atomic E-state index is 0.448.